The molecule has 34 heavy (non-hydrogen) atoms. The van der Waals surface area contributed by atoms with Gasteiger partial charge in [0.25, 0.3) is 5.91 Å². The number of benzene rings is 2. The fourth-order valence-electron chi connectivity index (χ4n) is 3.91. The van der Waals surface area contributed by atoms with Crippen LogP contribution in [0.2, 0.25) is 5.02 Å². The maximum absolute atomic E-state index is 13.4. The minimum atomic E-state index is -3.41. The van der Waals surface area contributed by atoms with Crippen LogP contribution in [0.15, 0.2) is 53.7 Å². The number of halogens is 1. The lowest BCUT2D eigenvalue weighted by Crippen LogP contribution is -2.47. The molecule has 0 fully saturated rings. The number of hydrogen-bond donors (Lipinski definition) is 2. The van der Waals surface area contributed by atoms with Crippen molar-refractivity contribution in [2.45, 2.75) is 10.8 Å². The van der Waals surface area contributed by atoms with Gasteiger partial charge in [-0.15, -0.1) is 0 Å². The second kappa shape index (κ2) is 9.03. The molecule has 3 aromatic rings. The number of fused-ring (bicyclic) bond motifs is 2. The Labute approximate surface area is 201 Å². The largest absolute Gasteiger partial charge is 0.358 e. The molecule has 11 heteroatoms. The van der Waals surface area contributed by atoms with E-state index in [9.17, 15) is 22.8 Å². The third kappa shape index (κ3) is 4.59. The molecule has 1 aromatic heterocycles. The molecule has 1 atom stereocenters. The first-order valence-electron chi connectivity index (χ1n) is 10.3. The zero-order valence-electron chi connectivity index (χ0n) is 18.3. The summed E-state index contributed by atoms with van der Waals surface area (Å²) in [4.78, 5) is 43.8. The fourth-order valence-corrected chi connectivity index (χ4v) is 4.74. The Balaban J connectivity index is 1.70. The van der Waals surface area contributed by atoms with E-state index in [1.54, 1.807) is 24.3 Å². The average Bonchev–Trinajstić information content (AvgIpc) is 2.79. The van der Waals surface area contributed by atoms with Crippen molar-refractivity contribution in [1.82, 2.24) is 15.2 Å². The van der Waals surface area contributed by atoms with E-state index >= 15 is 0 Å². The number of aromatic nitrogens is 1. The summed E-state index contributed by atoms with van der Waals surface area (Å²) in [6.07, 6.45) is 4.10. The highest BCUT2D eigenvalue weighted by Crippen LogP contribution is 2.33. The van der Waals surface area contributed by atoms with Crippen molar-refractivity contribution in [2.75, 3.05) is 31.7 Å². The van der Waals surface area contributed by atoms with Crippen molar-refractivity contribution >= 4 is 55.6 Å². The Morgan fingerprint density at radius 2 is 1.94 bits per heavy atom. The van der Waals surface area contributed by atoms with Gasteiger partial charge in [-0.2, -0.15) is 0 Å². The lowest BCUT2D eigenvalue weighted by atomic mass is 9.88. The van der Waals surface area contributed by atoms with E-state index in [1.165, 1.54) is 36.5 Å². The van der Waals surface area contributed by atoms with Crippen LogP contribution in [0.1, 0.15) is 21.8 Å². The lowest BCUT2D eigenvalue weighted by Gasteiger charge is -2.33. The predicted octanol–water partition coefficient (Wildman–Crippen LogP) is 2.22. The summed E-state index contributed by atoms with van der Waals surface area (Å²) < 4.78 is 23.8. The van der Waals surface area contributed by atoms with Crippen LogP contribution in [0, 0.1) is 0 Å². The molecule has 0 radical (unpaired) electrons. The van der Waals surface area contributed by atoms with Gasteiger partial charge in [0.1, 0.15) is 0 Å². The standard InChI is InChI=1S/C23H21ClN4O5S/c1-25-21(29)12-28-11-19(18-8-14(24)3-5-17(18)23(28)31)22(30)27-20-10-26-9-13-7-15(34(2,32)33)4-6-16(13)20/h3-10,19H,11-12H2,1-2H3,(H,25,29)(H,27,30). The van der Waals surface area contributed by atoms with Crippen LogP contribution in [0.4, 0.5) is 5.69 Å². The number of likely N-dealkylation sites (N-methyl/N-ethyl adjacent to an activating group) is 1. The number of nitrogens with zero attached hydrogens (tertiary/aromatic N) is 2. The van der Waals surface area contributed by atoms with E-state index in [1.807, 2.05) is 0 Å². The smallest absolute Gasteiger partial charge is 0.254 e. The number of anilines is 1. The molecule has 0 saturated heterocycles. The van der Waals surface area contributed by atoms with Crippen molar-refractivity contribution < 1.29 is 22.8 Å². The molecule has 1 aliphatic heterocycles. The van der Waals surface area contributed by atoms with Gasteiger partial charge in [-0.25, -0.2) is 8.42 Å². The SMILES string of the molecule is CNC(=O)CN1CC(C(=O)Nc2cncc3cc(S(C)(=O)=O)ccc23)c2cc(Cl)ccc2C1=O. The maximum Gasteiger partial charge on any atom is 0.254 e. The van der Waals surface area contributed by atoms with Crippen LogP contribution in [0.25, 0.3) is 10.8 Å². The molecule has 2 heterocycles. The van der Waals surface area contributed by atoms with E-state index in [0.717, 1.165) is 6.26 Å². The molecule has 1 unspecified atom stereocenters. The molecule has 3 amide bonds. The molecular weight excluding hydrogens is 480 g/mol. The third-order valence-corrected chi connectivity index (χ3v) is 7.00. The van der Waals surface area contributed by atoms with Crippen molar-refractivity contribution in [3.8, 4) is 0 Å². The summed E-state index contributed by atoms with van der Waals surface area (Å²) in [7, 11) is -1.94. The number of pyridine rings is 1. The van der Waals surface area contributed by atoms with Gasteiger partial charge in [0.05, 0.1) is 29.2 Å². The molecule has 9 nitrogen and oxygen atoms in total. The van der Waals surface area contributed by atoms with Gasteiger partial charge in [-0.05, 0) is 35.9 Å². The van der Waals surface area contributed by atoms with Crippen LogP contribution >= 0.6 is 11.6 Å². The first-order valence-corrected chi connectivity index (χ1v) is 12.5. The van der Waals surface area contributed by atoms with Crippen molar-refractivity contribution in [3.63, 3.8) is 0 Å². The number of amides is 3. The molecule has 2 N–H and O–H groups in total. The van der Waals surface area contributed by atoms with E-state index in [2.05, 4.69) is 15.6 Å². The normalized spacial score (nSPS) is 15.7. The highest BCUT2D eigenvalue weighted by Gasteiger charge is 2.36. The van der Waals surface area contributed by atoms with Crippen LogP contribution in [-0.4, -0.2) is 62.4 Å². The fraction of sp³-hybridized carbons (Fsp3) is 0.217. The first-order chi connectivity index (χ1) is 16.1. The second-order valence-electron chi connectivity index (χ2n) is 7.97. The highest BCUT2D eigenvalue weighted by atomic mass is 35.5. The summed E-state index contributed by atoms with van der Waals surface area (Å²) in [5, 5.41) is 6.85. The Hall–Kier alpha value is -3.50. The molecule has 2 aromatic carbocycles. The van der Waals surface area contributed by atoms with Crippen molar-refractivity contribution in [2.24, 2.45) is 0 Å². The Morgan fingerprint density at radius 3 is 2.65 bits per heavy atom. The highest BCUT2D eigenvalue weighted by molar-refractivity contribution is 7.90. The molecule has 0 aliphatic carbocycles. The summed E-state index contributed by atoms with van der Waals surface area (Å²) >= 11 is 6.15. The van der Waals surface area contributed by atoms with Gasteiger partial charge in [-0.3, -0.25) is 19.4 Å². The van der Waals surface area contributed by atoms with Crippen LogP contribution < -0.4 is 10.6 Å². The van der Waals surface area contributed by atoms with Crippen LogP contribution in [0.3, 0.4) is 0 Å². The Bertz CT molecular complexity index is 1440. The van der Waals surface area contributed by atoms with E-state index in [4.69, 9.17) is 11.6 Å². The van der Waals surface area contributed by atoms with Gasteiger partial charge in [0, 0.05) is 47.4 Å². The second-order valence-corrected chi connectivity index (χ2v) is 10.4. The Kier molecular flexibility index (Phi) is 6.28. The Morgan fingerprint density at radius 1 is 1.18 bits per heavy atom. The lowest BCUT2D eigenvalue weighted by molar-refractivity contribution is -0.122. The van der Waals surface area contributed by atoms with E-state index in [-0.39, 0.29) is 29.8 Å². The number of sulfone groups is 1. The zero-order valence-corrected chi connectivity index (χ0v) is 19.9. The number of nitrogens with one attached hydrogen (secondary N) is 2. The first kappa shape index (κ1) is 23.7. The summed E-state index contributed by atoms with van der Waals surface area (Å²) in [6, 6.07) is 9.25. The summed E-state index contributed by atoms with van der Waals surface area (Å²) in [5.74, 6) is -1.93. The van der Waals surface area contributed by atoms with E-state index in [0.29, 0.717) is 32.6 Å². The third-order valence-electron chi connectivity index (χ3n) is 5.66. The number of hydrogen-bond acceptors (Lipinski definition) is 6. The zero-order chi connectivity index (χ0) is 24.6. The molecule has 0 bridgehead atoms. The molecule has 176 valence electrons. The minimum Gasteiger partial charge on any atom is -0.358 e. The number of carbonyl (C=O) groups excluding carboxylic acids is 3. The molecule has 0 saturated carbocycles. The topological polar surface area (TPSA) is 126 Å². The van der Waals surface area contributed by atoms with Gasteiger partial charge in [0.15, 0.2) is 9.84 Å². The van der Waals surface area contributed by atoms with E-state index < -0.39 is 21.7 Å². The number of carbonyl (C=O) groups is 3. The van der Waals surface area contributed by atoms with Gasteiger partial charge >= 0.3 is 0 Å². The van der Waals surface area contributed by atoms with Gasteiger partial charge in [0.2, 0.25) is 11.8 Å². The van der Waals surface area contributed by atoms with Gasteiger partial charge < -0.3 is 15.5 Å². The quantitative estimate of drug-likeness (QED) is 0.553. The number of rotatable bonds is 5. The summed E-state index contributed by atoms with van der Waals surface area (Å²) in [5.41, 5.74) is 1.16. The molecule has 1 aliphatic rings. The van der Waals surface area contributed by atoms with Crippen molar-refractivity contribution in [3.05, 3.63) is 64.9 Å². The predicted molar refractivity (Wildman–Crippen MR) is 128 cm³/mol. The average molecular weight is 501 g/mol. The van der Waals surface area contributed by atoms with Crippen LogP contribution in [-0.2, 0) is 19.4 Å². The monoisotopic (exact) mass is 500 g/mol. The maximum atomic E-state index is 13.4. The minimum absolute atomic E-state index is 0.0121. The molecule has 4 rings (SSSR count). The van der Waals surface area contributed by atoms with Gasteiger partial charge in [-0.1, -0.05) is 17.7 Å². The van der Waals surface area contributed by atoms with Crippen LogP contribution in [0.5, 0.6) is 0 Å². The van der Waals surface area contributed by atoms with Crippen molar-refractivity contribution in [1.29, 1.82) is 0 Å². The molecular formula is C23H21ClN4O5S. The molecule has 0 spiro atoms. The summed E-state index contributed by atoms with van der Waals surface area (Å²) in [6.45, 7) is -0.201.